The van der Waals surface area contributed by atoms with Gasteiger partial charge < -0.3 is 4.74 Å². The van der Waals surface area contributed by atoms with E-state index in [2.05, 4.69) is 13.8 Å². The van der Waals surface area contributed by atoms with Crippen molar-refractivity contribution < 1.29 is 14.3 Å². The number of unbranched alkanes of at least 4 members (excludes halogenated alkanes) is 18. The number of rotatable bonds is 24. The number of Topliss-reactive ketones (excluding diaryl/α,β-unsaturated/α-hetero) is 1. The van der Waals surface area contributed by atoms with Crippen LogP contribution in [0.2, 0.25) is 0 Å². The third-order valence-corrected chi connectivity index (χ3v) is 5.91. The van der Waals surface area contributed by atoms with E-state index < -0.39 is 0 Å². The Morgan fingerprint density at radius 1 is 0.500 bits per heavy atom. The number of ether oxygens (including phenoxy) is 1. The maximum atomic E-state index is 11.7. The molecular formula is C27H52O3. The summed E-state index contributed by atoms with van der Waals surface area (Å²) in [6, 6.07) is 0. The zero-order valence-electron chi connectivity index (χ0n) is 20.5. The van der Waals surface area contributed by atoms with E-state index in [4.69, 9.17) is 4.74 Å². The van der Waals surface area contributed by atoms with Crippen LogP contribution in [-0.2, 0) is 14.3 Å². The van der Waals surface area contributed by atoms with Crippen LogP contribution < -0.4 is 0 Å². The third-order valence-electron chi connectivity index (χ3n) is 5.91. The van der Waals surface area contributed by atoms with E-state index >= 15 is 0 Å². The molecule has 178 valence electrons. The van der Waals surface area contributed by atoms with Gasteiger partial charge >= 0.3 is 5.97 Å². The van der Waals surface area contributed by atoms with Crippen LogP contribution in [0.4, 0.5) is 0 Å². The first-order chi connectivity index (χ1) is 14.7. The lowest BCUT2D eigenvalue weighted by Gasteiger charge is -2.05. The number of carbonyl (C=O) groups is 2. The molecular weight excluding hydrogens is 372 g/mol. The van der Waals surface area contributed by atoms with Gasteiger partial charge in [-0.3, -0.25) is 9.59 Å². The number of hydrogen-bond donors (Lipinski definition) is 0. The molecule has 0 aliphatic rings. The predicted octanol–water partition coefficient (Wildman–Crippen LogP) is 8.72. The van der Waals surface area contributed by atoms with Gasteiger partial charge in [-0.05, 0) is 12.8 Å². The lowest BCUT2D eigenvalue weighted by Crippen LogP contribution is -2.12. The largest absolute Gasteiger partial charge is 0.465 e. The second kappa shape index (κ2) is 24.4. The van der Waals surface area contributed by atoms with Crippen molar-refractivity contribution in [1.29, 1.82) is 0 Å². The molecule has 0 aliphatic carbocycles. The highest BCUT2D eigenvalue weighted by atomic mass is 16.5. The van der Waals surface area contributed by atoms with Gasteiger partial charge in [0.15, 0.2) is 0 Å². The molecule has 0 atom stereocenters. The fraction of sp³-hybridized carbons (Fsp3) is 0.926. The van der Waals surface area contributed by atoms with Gasteiger partial charge in [0.1, 0.15) is 12.2 Å². The van der Waals surface area contributed by atoms with Gasteiger partial charge in [-0.2, -0.15) is 0 Å². The van der Waals surface area contributed by atoms with Crippen LogP contribution in [0, 0.1) is 0 Å². The van der Waals surface area contributed by atoms with Gasteiger partial charge in [0.2, 0.25) is 0 Å². The summed E-state index contributed by atoms with van der Waals surface area (Å²) >= 11 is 0. The van der Waals surface area contributed by atoms with Crippen molar-refractivity contribution in [3.63, 3.8) is 0 Å². The van der Waals surface area contributed by atoms with E-state index in [0.29, 0.717) is 13.0 Å². The SMILES string of the molecule is CCCCCCCCCCCCCCCCCCOC(=O)CC(=O)CCCCCC. The number of esters is 1. The molecule has 0 aromatic heterocycles. The van der Waals surface area contributed by atoms with Crippen LogP contribution >= 0.6 is 0 Å². The van der Waals surface area contributed by atoms with Gasteiger partial charge in [0.25, 0.3) is 0 Å². The molecule has 3 nitrogen and oxygen atoms in total. The zero-order valence-corrected chi connectivity index (χ0v) is 20.5. The Balaban J connectivity index is 3.21. The molecule has 0 spiro atoms. The van der Waals surface area contributed by atoms with Crippen LogP contribution in [0.1, 0.15) is 155 Å². The Morgan fingerprint density at radius 3 is 1.30 bits per heavy atom. The summed E-state index contributed by atoms with van der Waals surface area (Å²) < 4.78 is 5.20. The Kier molecular flexibility index (Phi) is 23.7. The van der Waals surface area contributed by atoms with E-state index in [1.165, 1.54) is 89.9 Å². The smallest absolute Gasteiger partial charge is 0.313 e. The molecule has 0 bridgehead atoms. The molecule has 30 heavy (non-hydrogen) atoms. The van der Waals surface area contributed by atoms with Gasteiger partial charge in [0, 0.05) is 6.42 Å². The molecule has 0 rings (SSSR count). The Morgan fingerprint density at radius 2 is 0.867 bits per heavy atom. The van der Waals surface area contributed by atoms with Gasteiger partial charge in [-0.15, -0.1) is 0 Å². The molecule has 0 N–H and O–H groups in total. The molecule has 0 aromatic carbocycles. The summed E-state index contributed by atoms with van der Waals surface area (Å²) in [7, 11) is 0. The third kappa shape index (κ3) is 23.4. The monoisotopic (exact) mass is 424 g/mol. The van der Waals surface area contributed by atoms with E-state index in [-0.39, 0.29) is 18.2 Å². The quantitative estimate of drug-likeness (QED) is 0.0883. The highest BCUT2D eigenvalue weighted by Crippen LogP contribution is 2.13. The first kappa shape index (κ1) is 29.1. The van der Waals surface area contributed by atoms with Crippen LogP contribution in [0.25, 0.3) is 0 Å². The Hall–Kier alpha value is -0.860. The maximum Gasteiger partial charge on any atom is 0.313 e. The Labute approximate surface area is 188 Å². The van der Waals surface area contributed by atoms with Crippen molar-refractivity contribution in [3.8, 4) is 0 Å². The van der Waals surface area contributed by atoms with E-state index in [9.17, 15) is 9.59 Å². The number of hydrogen-bond acceptors (Lipinski definition) is 3. The van der Waals surface area contributed by atoms with Crippen LogP contribution in [0.15, 0.2) is 0 Å². The minimum atomic E-state index is -0.337. The lowest BCUT2D eigenvalue weighted by atomic mass is 10.0. The predicted molar refractivity (Wildman–Crippen MR) is 129 cm³/mol. The van der Waals surface area contributed by atoms with Crippen molar-refractivity contribution in [2.75, 3.05) is 6.61 Å². The number of ketones is 1. The minimum absolute atomic E-state index is 0.0306. The minimum Gasteiger partial charge on any atom is -0.465 e. The van der Waals surface area contributed by atoms with Gasteiger partial charge in [0.05, 0.1) is 6.61 Å². The van der Waals surface area contributed by atoms with Gasteiger partial charge in [-0.1, -0.05) is 129 Å². The molecule has 0 saturated heterocycles. The summed E-state index contributed by atoms with van der Waals surface area (Å²) in [4.78, 5) is 23.4. The van der Waals surface area contributed by atoms with E-state index in [1.807, 2.05) is 0 Å². The molecule has 0 amide bonds. The van der Waals surface area contributed by atoms with E-state index in [0.717, 1.165) is 38.5 Å². The van der Waals surface area contributed by atoms with Crippen molar-refractivity contribution in [3.05, 3.63) is 0 Å². The van der Waals surface area contributed by atoms with E-state index in [1.54, 1.807) is 0 Å². The maximum absolute atomic E-state index is 11.7. The highest BCUT2D eigenvalue weighted by molar-refractivity contribution is 5.95. The Bertz CT molecular complexity index is 378. The molecule has 0 aromatic rings. The molecule has 3 heteroatoms. The van der Waals surface area contributed by atoms with Crippen molar-refractivity contribution in [2.24, 2.45) is 0 Å². The fourth-order valence-corrected chi connectivity index (χ4v) is 3.89. The molecule has 0 fully saturated rings. The second-order valence-corrected chi connectivity index (χ2v) is 9.05. The summed E-state index contributed by atoms with van der Waals surface area (Å²) in [6.07, 6.45) is 26.2. The molecule has 0 radical (unpaired) electrons. The summed E-state index contributed by atoms with van der Waals surface area (Å²) in [6.45, 7) is 4.90. The number of carbonyl (C=O) groups excluding carboxylic acids is 2. The first-order valence-electron chi connectivity index (χ1n) is 13.4. The second-order valence-electron chi connectivity index (χ2n) is 9.05. The summed E-state index contributed by atoms with van der Waals surface area (Å²) in [5, 5.41) is 0. The van der Waals surface area contributed by atoms with Crippen molar-refractivity contribution >= 4 is 11.8 Å². The first-order valence-corrected chi connectivity index (χ1v) is 13.4. The summed E-state index contributed by atoms with van der Waals surface area (Å²) in [5.41, 5.74) is 0. The van der Waals surface area contributed by atoms with Crippen LogP contribution in [-0.4, -0.2) is 18.4 Å². The summed E-state index contributed by atoms with van der Waals surface area (Å²) in [5.74, 6) is -0.306. The van der Waals surface area contributed by atoms with Crippen LogP contribution in [0.3, 0.4) is 0 Å². The zero-order chi connectivity index (χ0) is 22.1. The van der Waals surface area contributed by atoms with Crippen LogP contribution in [0.5, 0.6) is 0 Å². The highest BCUT2D eigenvalue weighted by Gasteiger charge is 2.10. The molecule has 0 saturated carbocycles. The fourth-order valence-electron chi connectivity index (χ4n) is 3.89. The molecule has 0 unspecified atom stereocenters. The molecule has 0 aliphatic heterocycles. The van der Waals surface area contributed by atoms with Crippen molar-refractivity contribution in [1.82, 2.24) is 0 Å². The topological polar surface area (TPSA) is 43.4 Å². The average Bonchev–Trinajstić information content (AvgIpc) is 2.73. The van der Waals surface area contributed by atoms with Crippen molar-refractivity contribution in [2.45, 2.75) is 155 Å². The van der Waals surface area contributed by atoms with Gasteiger partial charge in [-0.25, -0.2) is 0 Å². The molecule has 0 heterocycles. The average molecular weight is 425 g/mol. The standard InChI is InChI=1S/C27H52O3/c1-3-5-7-9-10-11-12-13-14-15-16-17-18-19-20-22-24-30-27(29)25-26(28)23-21-8-6-4-2/h3-25H2,1-2H3. The lowest BCUT2D eigenvalue weighted by molar-refractivity contribution is -0.146. The normalized spacial score (nSPS) is 11.0.